The molecule has 1 aromatic carbocycles. The van der Waals surface area contributed by atoms with Crippen molar-refractivity contribution in [2.45, 2.75) is 0 Å². The molecule has 1 aromatic heterocycles. The molecule has 24 heavy (non-hydrogen) atoms. The zero-order valence-corrected chi connectivity index (χ0v) is 13.4. The number of hydrogen-bond acceptors (Lipinski definition) is 6. The molecule has 0 fully saturated rings. The lowest BCUT2D eigenvalue weighted by Gasteiger charge is -2.05. The van der Waals surface area contributed by atoms with E-state index in [1.165, 1.54) is 19.2 Å². The van der Waals surface area contributed by atoms with Crippen LogP contribution in [-0.2, 0) is 4.79 Å². The van der Waals surface area contributed by atoms with Crippen molar-refractivity contribution in [2.75, 3.05) is 19.5 Å². The molecule has 0 saturated heterocycles. The number of nitrogens with one attached hydrogen (secondary N) is 1. The average Bonchev–Trinajstić information content (AvgIpc) is 2.62. The van der Waals surface area contributed by atoms with Gasteiger partial charge in [0.05, 0.1) is 12.8 Å². The summed E-state index contributed by atoms with van der Waals surface area (Å²) >= 11 is 0. The molecular formula is C17H17N5O2. The van der Waals surface area contributed by atoms with Gasteiger partial charge in [-0.2, -0.15) is 10.2 Å². The second-order valence-electron chi connectivity index (χ2n) is 4.57. The number of methoxy groups -OCH3 is 1. The summed E-state index contributed by atoms with van der Waals surface area (Å²) in [4.78, 5) is 12.1. The number of carbonyl (C=O) groups excluding carboxylic acids is 1. The summed E-state index contributed by atoms with van der Waals surface area (Å²) in [5, 5.41) is 18.0. The molecule has 0 aliphatic carbocycles. The first-order valence-electron chi connectivity index (χ1n) is 7.10. The van der Waals surface area contributed by atoms with Crippen molar-refractivity contribution in [1.29, 1.82) is 0 Å². The lowest BCUT2D eigenvalue weighted by atomic mass is 10.1. The van der Waals surface area contributed by atoms with Gasteiger partial charge in [-0.1, -0.05) is 12.7 Å². The number of ether oxygens (including phenoxy) is 1. The maximum absolute atomic E-state index is 12.1. The van der Waals surface area contributed by atoms with E-state index in [9.17, 15) is 4.79 Å². The molecule has 2 aromatic rings. The molecule has 0 saturated carbocycles. The Kier molecular flexibility index (Phi) is 5.90. The summed E-state index contributed by atoms with van der Waals surface area (Å²) in [5.41, 5.74) is 1.72. The van der Waals surface area contributed by atoms with Crippen LogP contribution in [0.4, 0.5) is 5.82 Å². The van der Waals surface area contributed by atoms with Crippen molar-refractivity contribution in [3.05, 3.63) is 60.8 Å². The number of benzene rings is 1. The van der Waals surface area contributed by atoms with Gasteiger partial charge in [0.2, 0.25) is 0 Å². The van der Waals surface area contributed by atoms with Crippen molar-refractivity contribution in [2.24, 2.45) is 10.2 Å². The zero-order valence-electron chi connectivity index (χ0n) is 13.4. The molecule has 122 valence electrons. The molecule has 0 unspecified atom stereocenters. The van der Waals surface area contributed by atoms with Crippen LogP contribution in [0.2, 0.25) is 0 Å². The SMILES string of the molecule is C=C/C=C(\N=NC)C(=O)Nc1ccc(-c2ccc(OC)cc2)nn1. The van der Waals surface area contributed by atoms with Crippen molar-refractivity contribution < 1.29 is 9.53 Å². The normalized spacial score (nSPS) is 11.3. The van der Waals surface area contributed by atoms with Crippen LogP contribution in [0.25, 0.3) is 11.3 Å². The highest BCUT2D eigenvalue weighted by molar-refractivity contribution is 6.03. The third-order valence-corrected chi connectivity index (χ3v) is 3.01. The maximum atomic E-state index is 12.1. The Labute approximate surface area is 139 Å². The molecule has 0 atom stereocenters. The fourth-order valence-electron chi connectivity index (χ4n) is 1.87. The van der Waals surface area contributed by atoms with E-state index in [1.54, 1.807) is 19.2 Å². The third-order valence-electron chi connectivity index (χ3n) is 3.01. The highest BCUT2D eigenvalue weighted by Gasteiger charge is 2.10. The first kappa shape index (κ1) is 17.0. The summed E-state index contributed by atoms with van der Waals surface area (Å²) in [6, 6.07) is 10.9. The summed E-state index contributed by atoms with van der Waals surface area (Å²) in [6.45, 7) is 3.53. The summed E-state index contributed by atoms with van der Waals surface area (Å²) < 4.78 is 5.12. The molecule has 1 heterocycles. The van der Waals surface area contributed by atoms with Crippen LogP contribution < -0.4 is 10.1 Å². The molecule has 0 bridgehead atoms. The van der Waals surface area contributed by atoms with Gasteiger partial charge in [0.25, 0.3) is 5.91 Å². The van der Waals surface area contributed by atoms with E-state index in [4.69, 9.17) is 4.74 Å². The molecule has 7 heteroatoms. The predicted octanol–water partition coefficient (Wildman–Crippen LogP) is 3.24. The molecule has 0 aliphatic heterocycles. The maximum Gasteiger partial charge on any atom is 0.277 e. The largest absolute Gasteiger partial charge is 0.497 e. The van der Waals surface area contributed by atoms with Gasteiger partial charge in [0.15, 0.2) is 11.5 Å². The Morgan fingerprint density at radius 1 is 1.21 bits per heavy atom. The number of amides is 1. The number of azo groups is 1. The first-order chi connectivity index (χ1) is 11.7. The van der Waals surface area contributed by atoms with Crippen molar-refractivity contribution in [3.8, 4) is 17.0 Å². The van der Waals surface area contributed by atoms with Crippen LogP contribution in [-0.4, -0.2) is 30.3 Å². The Bertz CT molecular complexity index is 765. The van der Waals surface area contributed by atoms with Crippen LogP contribution in [0.15, 0.2) is 71.1 Å². The Morgan fingerprint density at radius 3 is 2.50 bits per heavy atom. The topological polar surface area (TPSA) is 88.8 Å². The summed E-state index contributed by atoms with van der Waals surface area (Å²) in [7, 11) is 3.09. The highest BCUT2D eigenvalue weighted by atomic mass is 16.5. The first-order valence-corrected chi connectivity index (χ1v) is 7.10. The Balaban J connectivity index is 2.12. The minimum atomic E-state index is -0.438. The number of rotatable bonds is 6. The molecule has 7 nitrogen and oxygen atoms in total. The number of nitrogens with zero attached hydrogens (tertiary/aromatic N) is 4. The fraction of sp³-hybridized carbons (Fsp3) is 0.118. The van der Waals surface area contributed by atoms with Crippen LogP contribution in [0.1, 0.15) is 0 Å². The van der Waals surface area contributed by atoms with E-state index in [0.717, 1.165) is 11.3 Å². The minimum absolute atomic E-state index is 0.133. The van der Waals surface area contributed by atoms with E-state index < -0.39 is 5.91 Å². The van der Waals surface area contributed by atoms with Crippen LogP contribution >= 0.6 is 0 Å². The molecule has 0 aliphatic rings. The van der Waals surface area contributed by atoms with Gasteiger partial charge in [0.1, 0.15) is 5.75 Å². The van der Waals surface area contributed by atoms with E-state index in [1.807, 2.05) is 24.3 Å². The number of hydrogen-bond donors (Lipinski definition) is 1. The van der Waals surface area contributed by atoms with E-state index in [-0.39, 0.29) is 5.70 Å². The lowest BCUT2D eigenvalue weighted by Crippen LogP contribution is -2.14. The van der Waals surface area contributed by atoms with Gasteiger partial charge in [-0.15, -0.1) is 10.2 Å². The van der Waals surface area contributed by atoms with Crippen LogP contribution in [0.5, 0.6) is 5.75 Å². The molecule has 0 spiro atoms. The molecule has 0 radical (unpaired) electrons. The number of anilines is 1. The Morgan fingerprint density at radius 2 is 1.96 bits per heavy atom. The van der Waals surface area contributed by atoms with E-state index in [0.29, 0.717) is 11.5 Å². The summed E-state index contributed by atoms with van der Waals surface area (Å²) in [5.74, 6) is 0.646. The summed E-state index contributed by atoms with van der Waals surface area (Å²) in [6.07, 6.45) is 2.92. The highest BCUT2D eigenvalue weighted by Crippen LogP contribution is 2.20. The van der Waals surface area contributed by atoms with E-state index in [2.05, 4.69) is 32.3 Å². The molecule has 1 amide bonds. The second-order valence-corrected chi connectivity index (χ2v) is 4.57. The molecule has 2 rings (SSSR count). The zero-order chi connectivity index (χ0) is 17.4. The van der Waals surface area contributed by atoms with Gasteiger partial charge in [-0.3, -0.25) is 4.79 Å². The van der Waals surface area contributed by atoms with Crippen molar-refractivity contribution in [1.82, 2.24) is 10.2 Å². The van der Waals surface area contributed by atoms with Gasteiger partial charge in [-0.05, 0) is 42.5 Å². The van der Waals surface area contributed by atoms with E-state index >= 15 is 0 Å². The van der Waals surface area contributed by atoms with Crippen molar-refractivity contribution in [3.63, 3.8) is 0 Å². The van der Waals surface area contributed by atoms with Gasteiger partial charge < -0.3 is 10.1 Å². The molecule has 1 N–H and O–H groups in total. The van der Waals surface area contributed by atoms with Crippen LogP contribution in [0, 0.1) is 0 Å². The third kappa shape index (κ3) is 4.33. The van der Waals surface area contributed by atoms with Crippen LogP contribution in [0.3, 0.4) is 0 Å². The second kappa shape index (κ2) is 8.33. The smallest absolute Gasteiger partial charge is 0.277 e. The van der Waals surface area contributed by atoms with Gasteiger partial charge in [-0.25, -0.2) is 0 Å². The quantitative estimate of drug-likeness (QED) is 0.502. The average molecular weight is 323 g/mol. The fourth-order valence-corrected chi connectivity index (χ4v) is 1.87. The predicted molar refractivity (Wildman–Crippen MR) is 91.7 cm³/mol. The van der Waals surface area contributed by atoms with Gasteiger partial charge >= 0.3 is 0 Å². The number of aromatic nitrogens is 2. The number of allylic oxidation sites excluding steroid dienone is 2. The number of carbonyl (C=O) groups is 1. The minimum Gasteiger partial charge on any atom is -0.497 e. The lowest BCUT2D eigenvalue weighted by molar-refractivity contribution is -0.112. The molecular weight excluding hydrogens is 306 g/mol. The van der Waals surface area contributed by atoms with Crippen molar-refractivity contribution >= 4 is 11.7 Å². The Hall–Kier alpha value is -3.35. The standard InChI is InChI=1S/C17H17N5O2/c1-4-5-15(20-18-2)17(23)19-16-11-10-14(21-22-16)12-6-8-13(24-3)9-7-12/h4-11H,1H2,2-3H3,(H,19,22,23)/b15-5-,20-18?. The van der Waals surface area contributed by atoms with Gasteiger partial charge in [0, 0.05) is 12.6 Å². The monoisotopic (exact) mass is 323 g/mol.